The molecule has 33 heavy (non-hydrogen) atoms. The van der Waals surface area contributed by atoms with Crippen LogP contribution in [-0.2, 0) is 0 Å². The average molecular weight is 447 g/mol. The summed E-state index contributed by atoms with van der Waals surface area (Å²) < 4.78 is 21.3. The summed E-state index contributed by atoms with van der Waals surface area (Å²) in [7, 11) is 6.27. The van der Waals surface area contributed by atoms with E-state index in [9.17, 15) is 4.79 Å². The van der Waals surface area contributed by atoms with Crippen LogP contribution in [0.3, 0.4) is 0 Å². The molecule has 3 aromatic carbocycles. The average Bonchev–Trinajstić information content (AvgIpc) is 3.26. The number of methoxy groups -OCH3 is 4. The number of imidazole rings is 1. The smallest absolute Gasteiger partial charge is 0.255 e. The molecule has 1 heterocycles. The maximum atomic E-state index is 12.9. The number of hydrogen-bond acceptors (Lipinski definition) is 6. The van der Waals surface area contributed by atoms with Crippen molar-refractivity contribution in [3.8, 4) is 34.4 Å². The molecule has 0 spiro atoms. The second-order valence-corrected chi connectivity index (χ2v) is 7.36. The van der Waals surface area contributed by atoms with Gasteiger partial charge in [-0.3, -0.25) is 4.79 Å². The zero-order chi connectivity index (χ0) is 23.5. The number of fused-ring (bicyclic) bond motifs is 1. The van der Waals surface area contributed by atoms with E-state index in [0.717, 1.165) is 22.2 Å². The summed E-state index contributed by atoms with van der Waals surface area (Å²) in [5.74, 6) is 2.69. The standard InChI is InChI=1S/C25H25N3O5/c1-14-6-7-15(24-26-18-12-22(32-4)23(33-5)13-19(18)27-24)10-17(14)28-25(29)16-8-9-20(30-2)21(11-16)31-3/h6-13H,1-5H3,(H,26,27)(H,28,29). The number of carbonyl (C=O) groups is 1. The van der Waals surface area contributed by atoms with E-state index >= 15 is 0 Å². The first-order valence-electron chi connectivity index (χ1n) is 10.2. The highest BCUT2D eigenvalue weighted by molar-refractivity contribution is 6.05. The van der Waals surface area contributed by atoms with Gasteiger partial charge in [0.05, 0.1) is 39.5 Å². The molecule has 0 bridgehead atoms. The Morgan fingerprint density at radius 2 is 1.48 bits per heavy atom. The molecule has 0 atom stereocenters. The van der Waals surface area contributed by atoms with Gasteiger partial charge in [0.25, 0.3) is 5.91 Å². The van der Waals surface area contributed by atoms with Gasteiger partial charge in [-0.2, -0.15) is 0 Å². The molecule has 4 rings (SSSR count). The Kier molecular flexibility index (Phi) is 6.08. The van der Waals surface area contributed by atoms with Crippen LogP contribution in [0.25, 0.3) is 22.4 Å². The number of benzene rings is 3. The summed E-state index contributed by atoms with van der Waals surface area (Å²) in [5, 5.41) is 2.98. The van der Waals surface area contributed by atoms with Crippen molar-refractivity contribution in [3.63, 3.8) is 0 Å². The second-order valence-electron chi connectivity index (χ2n) is 7.36. The lowest BCUT2D eigenvalue weighted by Crippen LogP contribution is -2.13. The van der Waals surface area contributed by atoms with Crippen LogP contribution in [0, 0.1) is 6.92 Å². The lowest BCUT2D eigenvalue weighted by atomic mass is 10.1. The highest BCUT2D eigenvalue weighted by atomic mass is 16.5. The predicted octanol–water partition coefficient (Wildman–Crippen LogP) is 4.83. The molecule has 0 aliphatic heterocycles. The summed E-state index contributed by atoms with van der Waals surface area (Å²) in [6.45, 7) is 1.93. The van der Waals surface area contributed by atoms with E-state index in [2.05, 4.69) is 15.3 Å². The van der Waals surface area contributed by atoms with Crippen LogP contribution < -0.4 is 24.3 Å². The number of rotatable bonds is 7. The number of carbonyl (C=O) groups excluding carboxylic acids is 1. The Hall–Kier alpha value is -4.20. The summed E-state index contributed by atoms with van der Waals surface area (Å²) in [4.78, 5) is 20.9. The van der Waals surface area contributed by atoms with Crippen LogP contribution in [0.4, 0.5) is 5.69 Å². The van der Waals surface area contributed by atoms with Gasteiger partial charge < -0.3 is 29.2 Å². The maximum absolute atomic E-state index is 12.9. The Morgan fingerprint density at radius 3 is 2.18 bits per heavy atom. The number of aromatic nitrogens is 2. The van der Waals surface area contributed by atoms with Gasteiger partial charge >= 0.3 is 0 Å². The third-order valence-electron chi connectivity index (χ3n) is 5.39. The van der Waals surface area contributed by atoms with Crippen LogP contribution in [0.5, 0.6) is 23.0 Å². The fourth-order valence-corrected chi connectivity index (χ4v) is 3.55. The van der Waals surface area contributed by atoms with E-state index in [4.69, 9.17) is 18.9 Å². The van der Waals surface area contributed by atoms with E-state index in [1.807, 2.05) is 37.3 Å². The molecule has 1 amide bonds. The summed E-state index contributed by atoms with van der Waals surface area (Å²) in [5.41, 5.74) is 4.46. The number of H-pyrrole nitrogens is 1. The molecule has 0 fully saturated rings. The molecule has 0 radical (unpaired) electrons. The van der Waals surface area contributed by atoms with E-state index in [0.29, 0.717) is 40.1 Å². The minimum Gasteiger partial charge on any atom is -0.493 e. The molecule has 4 aromatic rings. The number of ether oxygens (including phenoxy) is 4. The van der Waals surface area contributed by atoms with E-state index < -0.39 is 0 Å². The van der Waals surface area contributed by atoms with Gasteiger partial charge in [-0.25, -0.2) is 4.98 Å². The van der Waals surface area contributed by atoms with Gasteiger partial charge in [0.15, 0.2) is 23.0 Å². The lowest BCUT2D eigenvalue weighted by Gasteiger charge is -2.12. The SMILES string of the molecule is COc1ccc(C(=O)Nc2cc(-c3nc4cc(OC)c(OC)cc4[nH]3)ccc2C)cc1OC. The minimum absolute atomic E-state index is 0.254. The van der Waals surface area contributed by atoms with Crippen molar-refractivity contribution in [1.82, 2.24) is 9.97 Å². The monoisotopic (exact) mass is 447 g/mol. The molecule has 8 nitrogen and oxygen atoms in total. The largest absolute Gasteiger partial charge is 0.493 e. The highest BCUT2D eigenvalue weighted by Crippen LogP contribution is 2.33. The topological polar surface area (TPSA) is 94.7 Å². The first-order valence-corrected chi connectivity index (χ1v) is 10.2. The molecule has 2 N–H and O–H groups in total. The van der Waals surface area contributed by atoms with Crippen LogP contribution >= 0.6 is 0 Å². The number of amides is 1. The van der Waals surface area contributed by atoms with Gasteiger partial charge in [-0.05, 0) is 36.8 Å². The maximum Gasteiger partial charge on any atom is 0.255 e. The fourth-order valence-electron chi connectivity index (χ4n) is 3.55. The summed E-state index contributed by atoms with van der Waals surface area (Å²) in [6, 6.07) is 14.5. The van der Waals surface area contributed by atoms with Crippen molar-refractivity contribution >= 4 is 22.6 Å². The lowest BCUT2D eigenvalue weighted by molar-refractivity contribution is 0.102. The van der Waals surface area contributed by atoms with Crippen molar-refractivity contribution < 1.29 is 23.7 Å². The zero-order valence-corrected chi connectivity index (χ0v) is 19.1. The Labute approximate surface area is 191 Å². The van der Waals surface area contributed by atoms with Crippen LogP contribution in [0.1, 0.15) is 15.9 Å². The van der Waals surface area contributed by atoms with E-state index in [1.165, 1.54) is 7.11 Å². The number of anilines is 1. The molecule has 0 unspecified atom stereocenters. The second kappa shape index (κ2) is 9.12. The summed E-state index contributed by atoms with van der Waals surface area (Å²) >= 11 is 0. The third-order valence-corrected chi connectivity index (χ3v) is 5.39. The molecule has 0 saturated carbocycles. The number of nitrogens with one attached hydrogen (secondary N) is 2. The van der Waals surface area contributed by atoms with Gasteiger partial charge in [0.2, 0.25) is 0 Å². The van der Waals surface area contributed by atoms with Crippen molar-refractivity contribution in [1.29, 1.82) is 0 Å². The minimum atomic E-state index is -0.254. The van der Waals surface area contributed by atoms with Crippen molar-refractivity contribution in [2.75, 3.05) is 33.8 Å². The fraction of sp³-hybridized carbons (Fsp3) is 0.200. The molecule has 1 aromatic heterocycles. The number of aryl methyl sites for hydroxylation is 1. The first kappa shape index (κ1) is 22.0. The predicted molar refractivity (Wildman–Crippen MR) is 127 cm³/mol. The van der Waals surface area contributed by atoms with Crippen molar-refractivity contribution in [2.24, 2.45) is 0 Å². The van der Waals surface area contributed by atoms with Gasteiger partial charge in [-0.1, -0.05) is 12.1 Å². The van der Waals surface area contributed by atoms with Crippen molar-refractivity contribution in [2.45, 2.75) is 6.92 Å². The normalized spacial score (nSPS) is 10.7. The van der Waals surface area contributed by atoms with Gasteiger partial charge in [-0.15, -0.1) is 0 Å². The van der Waals surface area contributed by atoms with Crippen LogP contribution in [0.2, 0.25) is 0 Å². The van der Waals surface area contributed by atoms with Crippen LogP contribution in [0.15, 0.2) is 48.5 Å². The zero-order valence-electron chi connectivity index (χ0n) is 19.1. The molecular formula is C25H25N3O5. The molecule has 0 aliphatic rings. The molecule has 170 valence electrons. The molecule has 0 saturated heterocycles. The van der Waals surface area contributed by atoms with Gasteiger partial charge in [0.1, 0.15) is 5.82 Å². The molecule has 0 aliphatic carbocycles. The highest BCUT2D eigenvalue weighted by Gasteiger charge is 2.15. The Bertz CT molecular complexity index is 1290. The van der Waals surface area contributed by atoms with E-state index in [1.54, 1.807) is 39.5 Å². The van der Waals surface area contributed by atoms with Crippen LogP contribution in [-0.4, -0.2) is 44.3 Å². The third kappa shape index (κ3) is 4.27. The van der Waals surface area contributed by atoms with E-state index in [-0.39, 0.29) is 5.91 Å². The Balaban J connectivity index is 1.65. The molecule has 8 heteroatoms. The number of nitrogens with zero attached hydrogens (tertiary/aromatic N) is 1. The summed E-state index contributed by atoms with van der Waals surface area (Å²) in [6.07, 6.45) is 0. The number of hydrogen-bond donors (Lipinski definition) is 2. The Morgan fingerprint density at radius 1 is 0.818 bits per heavy atom. The van der Waals surface area contributed by atoms with Gasteiger partial charge in [0, 0.05) is 28.9 Å². The van der Waals surface area contributed by atoms with Crippen molar-refractivity contribution in [3.05, 3.63) is 59.7 Å². The first-order chi connectivity index (χ1) is 16.0. The number of aromatic amines is 1. The quantitative estimate of drug-likeness (QED) is 0.422. The molecular weight excluding hydrogens is 422 g/mol.